The molecule has 0 amide bonds. The van der Waals surface area contributed by atoms with Crippen LogP contribution >= 0.6 is 0 Å². The highest BCUT2D eigenvalue weighted by molar-refractivity contribution is 6.48. The van der Waals surface area contributed by atoms with Crippen LogP contribution in [0, 0.1) is 11.3 Å². The Kier molecular flexibility index (Phi) is 7.76. The van der Waals surface area contributed by atoms with Crippen LogP contribution in [-0.4, -0.2) is 43.7 Å². The zero-order valence-electron chi connectivity index (χ0n) is 20.2. The topological polar surface area (TPSA) is 38.8 Å². The Morgan fingerprint density at radius 3 is 2.27 bits per heavy atom. The van der Waals surface area contributed by atoms with Crippen LogP contribution < -0.4 is 0 Å². The first-order chi connectivity index (χ1) is 13.8. The molecule has 1 aromatic rings. The molecule has 1 fully saturated rings. The van der Waals surface area contributed by atoms with Crippen molar-refractivity contribution in [2.24, 2.45) is 11.3 Å². The summed E-state index contributed by atoms with van der Waals surface area (Å²) < 4.78 is 12.2. The van der Waals surface area contributed by atoms with Gasteiger partial charge in [0.25, 0.3) is 0 Å². The molecule has 1 heterocycles. The van der Waals surface area contributed by atoms with Gasteiger partial charge in [0, 0.05) is 6.54 Å². The van der Waals surface area contributed by atoms with E-state index in [2.05, 4.69) is 57.5 Å². The van der Waals surface area contributed by atoms with Crippen LogP contribution in [-0.2, 0) is 20.5 Å². The molecule has 2 rings (SSSR count). The predicted octanol–water partition coefficient (Wildman–Crippen LogP) is 5.19. The maximum atomic E-state index is 13.3. The molecule has 0 aliphatic carbocycles. The summed E-state index contributed by atoms with van der Waals surface area (Å²) in [5.74, 6) is 0.0645. The summed E-state index contributed by atoms with van der Waals surface area (Å²) in [4.78, 5) is 15.6. The maximum Gasteiger partial charge on any atom is 0.323 e. The third-order valence-corrected chi connectivity index (χ3v) is 6.73. The molecule has 1 aliphatic heterocycles. The van der Waals surface area contributed by atoms with Gasteiger partial charge in [0.05, 0.1) is 12.1 Å². The van der Waals surface area contributed by atoms with Crippen molar-refractivity contribution in [3.05, 3.63) is 48.6 Å². The molecule has 5 heteroatoms. The normalized spacial score (nSPS) is 25.5. The van der Waals surface area contributed by atoms with E-state index in [4.69, 9.17) is 9.16 Å². The Morgan fingerprint density at radius 1 is 1.20 bits per heavy atom. The van der Waals surface area contributed by atoms with Crippen molar-refractivity contribution in [1.82, 2.24) is 4.90 Å². The molecule has 1 aliphatic rings. The van der Waals surface area contributed by atoms with Gasteiger partial charge in [0.2, 0.25) is 0 Å². The number of hydrogen-bond acceptors (Lipinski definition) is 4. The molecule has 0 bridgehead atoms. The fraction of sp³-hybridized carbons (Fsp3) is 0.640. The fourth-order valence-electron chi connectivity index (χ4n) is 4.58. The SMILES string of the molecule is C=C[C@]1(CO[SiH](C)C)[C@H](C(C)(C)C)C[C@H](C(=O)OC(C)(C)C)N1Cc1ccccc1. The molecule has 0 aromatic heterocycles. The first kappa shape index (κ1) is 24.8. The average molecular weight is 432 g/mol. The number of benzene rings is 1. The van der Waals surface area contributed by atoms with Gasteiger partial charge in [0.15, 0.2) is 9.04 Å². The Labute approximate surface area is 185 Å². The summed E-state index contributed by atoms with van der Waals surface area (Å²) >= 11 is 0. The minimum absolute atomic E-state index is 0.0121. The molecule has 0 spiro atoms. The molecule has 168 valence electrons. The molecule has 1 saturated heterocycles. The highest BCUT2D eigenvalue weighted by Gasteiger charge is 2.57. The Hall–Kier alpha value is -1.43. The van der Waals surface area contributed by atoms with Gasteiger partial charge in [-0.1, -0.05) is 57.2 Å². The average Bonchev–Trinajstić information content (AvgIpc) is 2.94. The van der Waals surface area contributed by atoms with Crippen LogP contribution in [0.4, 0.5) is 0 Å². The van der Waals surface area contributed by atoms with Gasteiger partial charge in [-0.05, 0) is 57.2 Å². The number of likely N-dealkylation sites (tertiary alicyclic amines) is 1. The molecule has 0 saturated carbocycles. The quantitative estimate of drug-likeness (QED) is 0.338. The summed E-state index contributed by atoms with van der Waals surface area (Å²) in [7, 11) is -1.25. The Morgan fingerprint density at radius 2 is 1.80 bits per heavy atom. The van der Waals surface area contributed by atoms with Gasteiger partial charge in [-0.3, -0.25) is 9.69 Å². The molecular formula is C25H41NO3Si. The maximum absolute atomic E-state index is 13.3. The van der Waals surface area contributed by atoms with Gasteiger partial charge in [-0.25, -0.2) is 0 Å². The van der Waals surface area contributed by atoms with Crippen molar-refractivity contribution in [2.45, 2.75) is 84.8 Å². The third kappa shape index (κ3) is 5.83. The van der Waals surface area contributed by atoms with Crippen molar-refractivity contribution < 1.29 is 14.0 Å². The molecular weight excluding hydrogens is 390 g/mol. The van der Waals surface area contributed by atoms with E-state index in [-0.39, 0.29) is 23.3 Å². The summed E-state index contributed by atoms with van der Waals surface area (Å²) in [6, 6.07) is 10.0. The van der Waals surface area contributed by atoms with E-state index in [9.17, 15) is 4.79 Å². The van der Waals surface area contributed by atoms with E-state index in [1.807, 2.05) is 45.0 Å². The lowest BCUT2D eigenvalue weighted by atomic mass is 9.69. The summed E-state index contributed by atoms with van der Waals surface area (Å²) in [5, 5.41) is 0. The van der Waals surface area contributed by atoms with Gasteiger partial charge < -0.3 is 9.16 Å². The van der Waals surface area contributed by atoms with E-state index in [1.165, 1.54) is 5.56 Å². The van der Waals surface area contributed by atoms with Crippen molar-refractivity contribution in [2.75, 3.05) is 6.61 Å². The molecule has 4 nitrogen and oxygen atoms in total. The third-order valence-electron chi connectivity index (χ3n) is 5.89. The van der Waals surface area contributed by atoms with Gasteiger partial charge in [-0.15, -0.1) is 6.58 Å². The lowest BCUT2D eigenvalue weighted by Crippen LogP contribution is -2.56. The summed E-state index contributed by atoms with van der Waals surface area (Å²) in [6.07, 6.45) is 2.77. The lowest BCUT2D eigenvalue weighted by molar-refractivity contribution is -0.162. The predicted molar refractivity (Wildman–Crippen MR) is 127 cm³/mol. The zero-order chi connectivity index (χ0) is 22.7. The van der Waals surface area contributed by atoms with Gasteiger partial charge in [0.1, 0.15) is 11.6 Å². The Bertz CT molecular complexity index is 720. The highest BCUT2D eigenvalue weighted by Crippen LogP contribution is 2.50. The standard InChI is InChI=1S/C25H41NO3Si/c1-10-25(18-28-30(8)9)21(23(2,3)4)16-20(22(27)29-24(5,6)7)26(25)17-19-14-12-11-13-15-19/h10-15,20-21,30H,1,16-18H2,2-9H3/t20-,21+,25+/m1/s1. The molecule has 3 atom stereocenters. The Balaban J connectivity index is 2.54. The second-order valence-electron chi connectivity index (χ2n) is 10.9. The minimum Gasteiger partial charge on any atom is -0.459 e. The molecule has 1 aromatic carbocycles. The van der Waals surface area contributed by atoms with Crippen LogP contribution in [0.15, 0.2) is 43.0 Å². The van der Waals surface area contributed by atoms with Crippen LogP contribution in [0.1, 0.15) is 53.5 Å². The number of nitrogens with zero attached hydrogens (tertiary/aromatic N) is 1. The zero-order valence-corrected chi connectivity index (χ0v) is 21.4. The van der Waals surface area contributed by atoms with Crippen molar-refractivity contribution in [1.29, 1.82) is 0 Å². The molecule has 0 radical (unpaired) electrons. The monoisotopic (exact) mass is 431 g/mol. The largest absolute Gasteiger partial charge is 0.459 e. The van der Waals surface area contributed by atoms with E-state index in [1.54, 1.807) is 0 Å². The fourth-order valence-corrected chi connectivity index (χ4v) is 5.18. The highest BCUT2D eigenvalue weighted by atomic mass is 28.3. The molecule has 0 N–H and O–H groups in total. The van der Waals surface area contributed by atoms with E-state index >= 15 is 0 Å². The molecule has 30 heavy (non-hydrogen) atoms. The van der Waals surface area contributed by atoms with Crippen LogP contribution in [0.2, 0.25) is 13.1 Å². The number of hydrogen-bond donors (Lipinski definition) is 0. The van der Waals surface area contributed by atoms with Gasteiger partial charge in [-0.2, -0.15) is 0 Å². The number of rotatable bonds is 7. The summed E-state index contributed by atoms with van der Waals surface area (Å²) in [5.41, 5.74) is 0.219. The van der Waals surface area contributed by atoms with Crippen LogP contribution in [0.5, 0.6) is 0 Å². The number of esters is 1. The van der Waals surface area contributed by atoms with E-state index < -0.39 is 20.2 Å². The van der Waals surface area contributed by atoms with Crippen LogP contribution in [0.25, 0.3) is 0 Å². The molecule has 0 unspecified atom stereocenters. The second kappa shape index (κ2) is 9.37. The number of ether oxygens (including phenoxy) is 1. The smallest absolute Gasteiger partial charge is 0.323 e. The van der Waals surface area contributed by atoms with Crippen molar-refractivity contribution >= 4 is 15.0 Å². The first-order valence-corrected chi connectivity index (χ1v) is 13.9. The number of carbonyl (C=O) groups excluding carboxylic acids is 1. The van der Waals surface area contributed by atoms with Gasteiger partial charge >= 0.3 is 5.97 Å². The first-order valence-electron chi connectivity index (χ1n) is 11.1. The van der Waals surface area contributed by atoms with Crippen molar-refractivity contribution in [3.8, 4) is 0 Å². The number of carbonyl (C=O) groups is 1. The lowest BCUT2D eigenvalue weighted by Gasteiger charge is -2.46. The van der Waals surface area contributed by atoms with Crippen molar-refractivity contribution in [3.63, 3.8) is 0 Å². The summed E-state index contributed by atoms with van der Waals surface area (Å²) in [6.45, 7) is 22.4. The van der Waals surface area contributed by atoms with E-state index in [0.717, 1.165) is 6.42 Å². The van der Waals surface area contributed by atoms with Crippen LogP contribution in [0.3, 0.4) is 0 Å². The second-order valence-corrected chi connectivity index (χ2v) is 13.3. The van der Waals surface area contributed by atoms with E-state index in [0.29, 0.717) is 13.2 Å². The minimum atomic E-state index is -1.25.